The van der Waals surface area contributed by atoms with E-state index in [1.54, 1.807) is 0 Å². The van der Waals surface area contributed by atoms with Gasteiger partial charge in [0.1, 0.15) is 0 Å². The molecular formula is C22H8F10N6. The standard InChI is InChI=1S/C22H8F10N6/c23-11-9(12(24)16(28)19(31)15(11)27)5-33-35-21-7-3-1-2-4-8(7)22(38-37-21)36-34-6-10-13(25)17(29)20(32)18(30)14(10)26/h1-6H,(H,35,37)(H,36,38)/b33-5-,34-6-. The third-order valence-electron chi connectivity index (χ3n) is 4.90. The largest absolute Gasteiger partial charge is 0.259 e. The van der Waals surface area contributed by atoms with Crippen molar-refractivity contribution in [3.05, 3.63) is 93.6 Å². The summed E-state index contributed by atoms with van der Waals surface area (Å²) in [6, 6.07) is 5.87. The van der Waals surface area contributed by atoms with Crippen LogP contribution in [0.25, 0.3) is 10.8 Å². The number of nitrogens with one attached hydrogen (secondary N) is 2. The molecule has 0 unspecified atom stereocenters. The van der Waals surface area contributed by atoms with Gasteiger partial charge in [0.05, 0.1) is 23.6 Å². The first-order valence-corrected chi connectivity index (χ1v) is 9.91. The van der Waals surface area contributed by atoms with Crippen LogP contribution in [0.5, 0.6) is 0 Å². The first kappa shape index (κ1) is 26.3. The van der Waals surface area contributed by atoms with Gasteiger partial charge in [0.25, 0.3) is 0 Å². The predicted octanol–water partition coefficient (Wildman–Crippen LogP) is 5.91. The molecule has 0 saturated heterocycles. The molecule has 196 valence electrons. The van der Waals surface area contributed by atoms with Crippen molar-refractivity contribution < 1.29 is 43.9 Å². The normalized spacial score (nSPS) is 11.7. The van der Waals surface area contributed by atoms with Gasteiger partial charge in [-0.25, -0.2) is 43.9 Å². The minimum Gasteiger partial charge on any atom is -0.259 e. The number of hydrogen-bond donors (Lipinski definition) is 2. The van der Waals surface area contributed by atoms with E-state index < -0.39 is 69.3 Å². The zero-order valence-corrected chi connectivity index (χ0v) is 18.0. The van der Waals surface area contributed by atoms with Gasteiger partial charge < -0.3 is 0 Å². The van der Waals surface area contributed by atoms with Crippen LogP contribution in [0.3, 0.4) is 0 Å². The number of nitrogens with zero attached hydrogens (tertiary/aromatic N) is 4. The lowest BCUT2D eigenvalue weighted by Gasteiger charge is -2.08. The number of hydrazone groups is 2. The molecule has 1 heterocycles. The quantitative estimate of drug-likeness (QED) is 0.104. The SMILES string of the molecule is Fc1c(F)c(F)c(/C=N\Nc2nnc(N/N=C\c3c(F)c(F)c(F)c(F)c3F)c3ccccc23)c(F)c1F. The predicted molar refractivity (Wildman–Crippen MR) is 114 cm³/mol. The molecule has 4 aromatic rings. The summed E-state index contributed by atoms with van der Waals surface area (Å²) in [6.45, 7) is 0. The zero-order valence-electron chi connectivity index (χ0n) is 18.0. The fraction of sp³-hybridized carbons (Fsp3) is 0. The van der Waals surface area contributed by atoms with Gasteiger partial charge in [0, 0.05) is 10.8 Å². The lowest BCUT2D eigenvalue weighted by molar-refractivity contribution is 0.377. The zero-order chi connectivity index (χ0) is 27.7. The van der Waals surface area contributed by atoms with Crippen LogP contribution in [0.15, 0.2) is 34.5 Å². The number of hydrogen-bond acceptors (Lipinski definition) is 6. The third kappa shape index (κ3) is 4.55. The molecule has 4 rings (SSSR count). The Bertz CT molecular complexity index is 1460. The highest BCUT2D eigenvalue weighted by Crippen LogP contribution is 2.27. The topological polar surface area (TPSA) is 74.6 Å². The second kappa shape index (κ2) is 10.3. The van der Waals surface area contributed by atoms with Crippen LogP contribution < -0.4 is 10.9 Å². The molecule has 3 aromatic carbocycles. The number of benzene rings is 3. The van der Waals surface area contributed by atoms with Crippen LogP contribution in [-0.4, -0.2) is 22.6 Å². The van der Waals surface area contributed by atoms with Gasteiger partial charge in [0.15, 0.2) is 58.2 Å². The summed E-state index contributed by atoms with van der Waals surface area (Å²) in [4.78, 5) is 0. The number of anilines is 2. The summed E-state index contributed by atoms with van der Waals surface area (Å²) in [5.41, 5.74) is 1.80. The average molecular weight is 546 g/mol. The maximum Gasteiger partial charge on any atom is 0.200 e. The van der Waals surface area contributed by atoms with E-state index in [2.05, 4.69) is 31.3 Å². The van der Waals surface area contributed by atoms with Crippen molar-refractivity contribution in [1.29, 1.82) is 0 Å². The summed E-state index contributed by atoms with van der Waals surface area (Å²) in [5, 5.41) is 14.7. The fourth-order valence-corrected chi connectivity index (χ4v) is 3.06. The molecule has 0 amide bonds. The molecule has 38 heavy (non-hydrogen) atoms. The van der Waals surface area contributed by atoms with E-state index in [4.69, 9.17) is 0 Å². The van der Waals surface area contributed by atoms with E-state index >= 15 is 0 Å². The van der Waals surface area contributed by atoms with E-state index in [-0.39, 0.29) is 22.4 Å². The minimum absolute atomic E-state index is 0.171. The molecule has 2 N–H and O–H groups in total. The van der Waals surface area contributed by atoms with Crippen LogP contribution in [0, 0.1) is 58.2 Å². The molecule has 0 spiro atoms. The van der Waals surface area contributed by atoms with Crippen LogP contribution in [0.4, 0.5) is 55.5 Å². The summed E-state index contributed by atoms with van der Waals surface area (Å²) < 4.78 is 135. The van der Waals surface area contributed by atoms with Crippen molar-refractivity contribution in [2.24, 2.45) is 10.2 Å². The fourth-order valence-electron chi connectivity index (χ4n) is 3.06. The Kier molecular flexibility index (Phi) is 7.14. The lowest BCUT2D eigenvalue weighted by atomic mass is 10.2. The molecule has 1 aromatic heterocycles. The Balaban J connectivity index is 1.62. The lowest BCUT2D eigenvalue weighted by Crippen LogP contribution is -2.08. The second-order valence-electron chi connectivity index (χ2n) is 7.15. The molecule has 16 heteroatoms. The van der Waals surface area contributed by atoms with Gasteiger partial charge in [-0.1, -0.05) is 24.3 Å². The second-order valence-corrected chi connectivity index (χ2v) is 7.15. The molecule has 0 atom stereocenters. The van der Waals surface area contributed by atoms with E-state index in [1.165, 1.54) is 24.3 Å². The van der Waals surface area contributed by atoms with Crippen LogP contribution in [0.1, 0.15) is 11.1 Å². The Labute approximate surface area is 204 Å². The van der Waals surface area contributed by atoms with Crippen molar-refractivity contribution in [1.82, 2.24) is 10.2 Å². The van der Waals surface area contributed by atoms with Crippen molar-refractivity contribution in [3.63, 3.8) is 0 Å². The number of fused-ring (bicyclic) bond motifs is 1. The van der Waals surface area contributed by atoms with Crippen molar-refractivity contribution >= 4 is 34.8 Å². The van der Waals surface area contributed by atoms with Gasteiger partial charge in [-0.05, 0) is 0 Å². The summed E-state index contributed by atoms with van der Waals surface area (Å²) in [5.74, 6) is -22.2. The first-order chi connectivity index (χ1) is 18.0. The van der Waals surface area contributed by atoms with E-state index in [0.717, 1.165) is 0 Å². The Morgan fingerprint density at radius 1 is 0.474 bits per heavy atom. The van der Waals surface area contributed by atoms with Crippen LogP contribution >= 0.6 is 0 Å². The van der Waals surface area contributed by atoms with E-state index in [1.807, 2.05) is 0 Å². The number of aromatic nitrogens is 2. The molecule has 0 aliphatic carbocycles. The summed E-state index contributed by atoms with van der Waals surface area (Å²) in [6.07, 6.45) is 0.653. The summed E-state index contributed by atoms with van der Waals surface area (Å²) >= 11 is 0. The highest BCUT2D eigenvalue weighted by atomic mass is 19.2. The minimum atomic E-state index is -2.34. The highest BCUT2D eigenvalue weighted by molar-refractivity contribution is 5.98. The molecule has 0 aliphatic heterocycles. The molecular weight excluding hydrogens is 538 g/mol. The molecule has 6 nitrogen and oxygen atoms in total. The van der Waals surface area contributed by atoms with E-state index in [9.17, 15) is 43.9 Å². The average Bonchev–Trinajstić information content (AvgIpc) is 2.93. The Hall–Kier alpha value is -4.76. The molecule has 0 radical (unpaired) electrons. The molecule has 0 bridgehead atoms. The first-order valence-electron chi connectivity index (χ1n) is 9.91. The van der Waals surface area contributed by atoms with E-state index in [0.29, 0.717) is 12.4 Å². The smallest absolute Gasteiger partial charge is 0.200 e. The number of rotatable bonds is 6. The monoisotopic (exact) mass is 546 g/mol. The third-order valence-corrected chi connectivity index (χ3v) is 4.90. The maximum absolute atomic E-state index is 13.8. The van der Waals surface area contributed by atoms with Crippen LogP contribution in [-0.2, 0) is 0 Å². The van der Waals surface area contributed by atoms with Gasteiger partial charge in [0.2, 0.25) is 11.6 Å². The van der Waals surface area contributed by atoms with Gasteiger partial charge in [-0.3, -0.25) is 10.9 Å². The van der Waals surface area contributed by atoms with Gasteiger partial charge >= 0.3 is 0 Å². The molecule has 0 saturated carbocycles. The van der Waals surface area contributed by atoms with Gasteiger partial charge in [-0.2, -0.15) is 10.2 Å². The number of halogens is 10. The van der Waals surface area contributed by atoms with Crippen molar-refractivity contribution in [2.75, 3.05) is 10.9 Å². The summed E-state index contributed by atoms with van der Waals surface area (Å²) in [7, 11) is 0. The van der Waals surface area contributed by atoms with Crippen molar-refractivity contribution in [2.45, 2.75) is 0 Å². The highest BCUT2D eigenvalue weighted by Gasteiger charge is 2.26. The molecule has 0 fully saturated rings. The Morgan fingerprint density at radius 2 is 0.763 bits per heavy atom. The Morgan fingerprint density at radius 3 is 1.08 bits per heavy atom. The molecule has 0 aliphatic rings. The van der Waals surface area contributed by atoms with Gasteiger partial charge in [-0.15, -0.1) is 10.2 Å². The maximum atomic E-state index is 13.8. The van der Waals surface area contributed by atoms with Crippen LogP contribution in [0.2, 0.25) is 0 Å². The van der Waals surface area contributed by atoms with Crippen molar-refractivity contribution in [3.8, 4) is 0 Å².